The summed E-state index contributed by atoms with van der Waals surface area (Å²) in [5.74, 6) is 1.73. The molecule has 0 bridgehead atoms. The van der Waals surface area contributed by atoms with Gasteiger partial charge in [-0.05, 0) is 42.9 Å². The molecule has 0 saturated carbocycles. The van der Waals surface area contributed by atoms with Crippen LogP contribution in [-0.4, -0.2) is 0 Å². The van der Waals surface area contributed by atoms with Crippen LogP contribution < -0.4 is 0 Å². The van der Waals surface area contributed by atoms with Crippen LogP contribution in [0.1, 0.15) is 30.6 Å². The zero-order chi connectivity index (χ0) is 13.6. The summed E-state index contributed by atoms with van der Waals surface area (Å²) in [7, 11) is 0. The van der Waals surface area contributed by atoms with Gasteiger partial charge in [-0.25, -0.2) is 0 Å². The van der Waals surface area contributed by atoms with E-state index in [0.717, 1.165) is 18.6 Å². The first-order valence-electron chi connectivity index (χ1n) is 7.34. The maximum absolute atomic E-state index is 5.44. The Labute approximate surface area is 120 Å². The molecule has 1 aliphatic carbocycles. The summed E-state index contributed by atoms with van der Waals surface area (Å²) in [6.45, 7) is 0. The summed E-state index contributed by atoms with van der Waals surface area (Å²) < 4.78 is 5.44. The minimum absolute atomic E-state index is 0.658. The van der Waals surface area contributed by atoms with E-state index < -0.39 is 0 Å². The quantitative estimate of drug-likeness (QED) is 0.686. The molecule has 2 aromatic rings. The predicted octanol–water partition coefficient (Wildman–Crippen LogP) is 5.26. The SMILES string of the molecule is C1=C(Cc2ccco2)C[C@H](/C=C/c2ccccc2)CC1. The molecular formula is C19H20O. The number of hydrogen-bond acceptors (Lipinski definition) is 1. The highest BCUT2D eigenvalue weighted by molar-refractivity contribution is 5.49. The summed E-state index contributed by atoms with van der Waals surface area (Å²) in [6.07, 6.45) is 13.3. The Morgan fingerprint density at radius 3 is 2.80 bits per heavy atom. The molecule has 1 atom stereocenters. The smallest absolute Gasteiger partial charge is 0.107 e. The second kappa shape index (κ2) is 6.42. The molecule has 1 aromatic heterocycles. The number of benzene rings is 1. The largest absolute Gasteiger partial charge is 0.469 e. The maximum atomic E-state index is 5.44. The molecule has 1 nitrogen and oxygen atoms in total. The Hall–Kier alpha value is -2.02. The third kappa shape index (κ3) is 3.51. The predicted molar refractivity (Wildman–Crippen MR) is 83.3 cm³/mol. The average molecular weight is 264 g/mol. The van der Waals surface area contributed by atoms with Crippen LogP contribution in [-0.2, 0) is 6.42 Å². The van der Waals surface area contributed by atoms with E-state index in [0.29, 0.717) is 5.92 Å². The topological polar surface area (TPSA) is 13.1 Å². The van der Waals surface area contributed by atoms with Gasteiger partial charge < -0.3 is 4.42 Å². The highest BCUT2D eigenvalue weighted by Gasteiger charge is 2.14. The molecule has 0 saturated heterocycles. The molecule has 20 heavy (non-hydrogen) atoms. The summed E-state index contributed by atoms with van der Waals surface area (Å²) in [5, 5.41) is 0. The van der Waals surface area contributed by atoms with Crippen molar-refractivity contribution in [3.63, 3.8) is 0 Å². The van der Waals surface area contributed by atoms with E-state index in [1.807, 2.05) is 6.07 Å². The Bertz CT molecular complexity index is 575. The van der Waals surface area contributed by atoms with E-state index >= 15 is 0 Å². The van der Waals surface area contributed by atoms with Gasteiger partial charge in [-0.15, -0.1) is 0 Å². The minimum atomic E-state index is 0.658. The Morgan fingerprint density at radius 1 is 1.10 bits per heavy atom. The highest BCUT2D eigenvalue weighted by atomic mass is 16.3. The maximum Gasteiger partial charge on any atom is 0.107 e. The zero-order valence-corrected chi connectivity index (χ0v) is 11.7. The molecule has 0 unspecified atom stereocenters. The van der Waals surface area contributed by atoms with Gasteiger partial charge in [0.1, 0.15) is 5.76 Å². The Morgan fingerprint density at radius 2 is 2.00 bits per heavy atom. The van der Waals surface area contributed by atoms with Gasteiger partial charge in [-0.3, -0.25) is 0 Å². The summed E-state index contributed by atoms with van der Waals surface area (Å²) in [6, 6.07) is 14.6. The number of rotatable bonds is 4. The molecule has 0 spiro atoms. The van der Waals surface area contributed by atoms with Gasteiger partial charge in [0.2, 0.25) is 0 Å². The van der Waals surface area contributed by atoms with Crippen molar-refractivity contribution in [1.29, 1.82) is 0 Å². The van der Waals surface area contributed by atoms with Gasteiger partial charge in [-0.1, -0.05) is 54.1 Å². The first-order valence-corrected chi connectivity index (χ1v) is 7.34. The normalized spacial score (nSPS) is 19.2. The van der Waals surface area contributed by atoms with E-state index in [1.54, 1.807) is 6.26 Å². The number of furan rings is 1. The van der Waals surface area contributed by atoms with Crippen molar-refractivity contribution in [2.75, 3.05) is 0 Å². The van der Waals surface area contributed by atoms with Gasteiger partial charge in [0.15, 0.2) is 0 Å². The molecule has 3 rings (SSSR count). The van der Waals surface area contributed by atoms with E-state index in [9.17, 15) is 0 Å². The lowest BCUT2D eigenvalue weighted by atomic mass is 9.86. The molecule has 1 heterocycles. The van der Waals surface area contributed by atoms with Crippen molar-refractivity contribution in [3.8, 4) is 0 Å². The minimum Gasteiger partial charge on any atom is -0.469 e. The van der Waals surface area contributed by atoms with Crippen molar-refractivity contribution in [2.24, 2.45) is 5.92 Å². The van der Waals surface area contributed by atoms with Gasteiger partial charge in [0, 0.05) is 6.42 Å². The Kier molecular flexibility index (Phi) is 4.17. The van der Waals surface area contributed by atoms with Crippen molar-refractivity contribution in [3.05, 3.63) is 77.8 Å². The molecule has 0 fully saturated rings. The van der Waals surface area contributed by atoms with E-state index in [-0.39, 0.29) is 0 Å². The lowest BCUT2D eigenvalue weighted by Gasteiger charge is -2.19. The lowest BCUT2D eigenvalue weighted by Crippen LogP contribution is -2.05. The molecule has 1 aliphatic rings. The van der Waals surface area contributed by atoms with Crippen molar-refractivity contribution >= 4 is 6.08 Å². The van der Waals surface area contributed by atoms with E-state index in [2.05, 4.69) is 54.6 Å². The zero-order valence-electron chi connectivity index (χ0n) is 11.7. The van der Waals surface area contributed by atoms with Gasteiger partial charge in [0.05, 0.1) is 6.26 Å². The van der Waals surface area contributed by atoms with Crippen LogP contribution in [0, 0.1) is 5.92 Å². The molecule has 102 valence electrons. The van der Waals surface area contributed by atoms with E-state index in [1.165, 1.54) is 24.0 Å². The second-order valence-corrected chi connectivity index (χ2v) is 5.43. The molecule has 1 heteroatoms. The van der Waals surface area contributed by atoms with Crippen LogP contribution in [0.3, 0.4) is 0 Å². The molecule has 0 radical (unpaired) electrons. The summed E-state index contributed by atoms with van der Waals surface area (Å²) >= 11 is 0. The van der Waals surface area contributed by atoms with Gasteiger partial charge >= 0.3 is 0 Å². The van der Waals surface area contributed by atoms with Crippen molar-refractivity contribution < 1.29 is 4.42 Å². The van der Waals surface area contributed by atoms with Gasteiger partial charge in [-0.2, -0.15) is 0 Å². The first kappa shape index (κ1) is 13.0. The number of hydrogen-bond donors (Lipinski definition) is 0. The summed E-state index contributed by atoms with van der Waals surface area (Å²) in [4.78, 5) is 0. The molecule has 0 N–H and O–H groups in total. The molecule has 0 aliphatic heterocycles. The van der Waals surface area contributed by atoms with Crippen LogP contribution in [0.15, 0.2) is 70.9 Å². The van der Waals surface area contributed by atoms with Crippen LogP contribution in [0.4, 0.5) is 0 Å². The van der Waals surface area contributed by atoms with Gasteiger partial charge in [0.25, 0.3) is 0 Å². The fourth-order valence-corrected chi connectivity index (χ4v) is 2.78. The van der Waals surface area contributed by atoms with Crippen LogP contribution >= 0.6 is 0 Å². The molecule has 1 aromatic carbocycles. The summed E-state index contributed by atoms with van der Waals surface area (Å²) in [5.41, 5.74) is 2.79. The first-order chi connectivity index (χ1) is 9.90. The number of allylic oxidation sites excluding steroid dienone is 3. The second-order valence-electron chi connectivity index (χ2n) is 5.43. The fourth-order valence-electron chi connectivity index (χ4n) is 2.78. The highest BCUT2D eigenvalue weighted by Crippen LogP contribution is 2.28. The fraction of sp³-hybridized carbons (Fsp3) is 0.263. The third-order valence-electron chi connectivity index (χ3n) is 3.84. The van der Waals surface area contributed by atoms with Crippen molar-refractivity contribution in [2.45, 2.75) is 25.7 Å². The average Bonchev–Trinajstić information content (AvgIpc) is 3.00. The van der Waals surface area contributed by atoms with E-state index in [4.69, 9.17) is 4.42 Å². The standard InChI is InChI=1S/C19H20O/c1-2-6-16(7-3-1)11-12-17-8-4-9-18(14-17)15-19-10-5-13-20-19/h1-3,5-7,9-13,17H,4,8,14-15H2/b12-11+/t17-/m0/s1. The molecular weight excluding hydrogens is 244 g/mol. The Balaban J connectivity index is 1.60. The molecule has 0 amide bonds. The van der Waals surface area contributed by atoms with Crippen LogP contribution in [0.25, 0.3) is 6.08 Å². The lowest BCUT2D eigenvalue weighted by molar-refractivity contribution is 0.501. The monoisotopic (exact) mass is 264 g/mol. The van der Waals surface area contributed by atoms with Crippen molar-refractivity contribution in [1.82, 2.24) is 0 Å². The van der Waals surface area contributed by atoms with Crippen LogP contribution in [0.5, 0.6) is 0 Å². The van der Waals surface area contributed by atoms with Crippen LogP contribution in [0.2, 0.25) is 0 Å². The third-order valence-corrected chi connectivity index (χ3v) is 3.84.